The number of rotatable bonds is 4. The van der Waals surface area contributed by atoms with Crippen molar-refractivity contribution in [2.24, 2.45) is 0 Å². The lowest BCUT2D eigenvalue weighted by Gasteiger charge is -2.14. The third-order valence-corrected chi connectivity index (χ3v) is 2.33. The number of hydrogen-bond acceptors (Lipinski definition) is 4. The zero-order valence-corrected chi connectivity index (χ0v) is 7.69. The summed E-state index contributed by atoms with van der Waals surface area (Å²) in [4.78, 5) is 6.33. The van der Waals surface area contributed by atoms with Gasteiger partial charge < -0.3 is 10.2 Å². The quantitative estimate of drug-likeness (QED) is 0.726. The first-order valence-corrected chi connectivity index (χ1v) is 4.48. The topological polar surface area (TPSA) is 28.2 Å². The van der Waals surface area contributed by atoms with Crippen LogP contribution >= 0.6 is 11.3 Å². The Labute approximate surface area is 71.1 Å². The molecule has 1 aromatic rings. The molecule has 0 spiro atoms. The molecule has 4 heteroatoms. The van der Waals surface area contributed by atoms with Gasteiger partial charge in [0.15, 0.2) is 5.13 Å². The van der Waals surface area contributed by atoms with Crippen LogP contribution in [0.5, 0.6) is 0 Å². The lowest BCUT2D eigenvalue weighted by molar-refractivity contribution is 0.766. The Morgan fingerprint density at radius 1 is 1.73 bits per heavy atom. The van der Waals surface area contributed by atoms with Crippen LogP contribution in [0.25, 0.3) is 0 Å². The Hall–Kier alpha value is -0.610. The minimum absolute atomic E-state index is 0.996. The number of hydrogen-bond donors (Lipinski definition) is 1. The summed E-state index contributed by atoms with van der Waals surface area (Å²) in [6.45, 7) is 2.00. The van der Waals surface area contributed by atoms with Crippen LogP contribution in [0.1, 0.15) is 0 Å². The molecule has 0 amide bonds. The van der Waals surface area contributed by atoms with Crippen LogP contribution in [0.3, 0.4) is 0 Å². The molecule has 0 aromatic carbocycles. The monoisotopic (exact) mass is 171 g/mol. The van der Waals surface area contributed by atoms with Gasteiger partial charge in [0.1, 0.15) is 0 Å². The van der Waals surface area contributed by atoms with Gasteiger partial charge in [-0.25, -0.2) is 4.98 Å². The van der Waals surface area contributed by atoms with Gasteiger partial charge in [-0.1, -0.05) is 0 Å². The molecule has 0 aliphatic rings. The van der Waals surface area contributed by atoms with E-state index in [1.807, 2.05) is 18.6 Å². The maximum absolute atomic E-state index is 4.19. The Morgan fingerprint density at radius 3 is 3.09 bits per heavy atom. The highest BCUT2D eigenvalue weighted by molar-refractivity contribution is 7.13. The molecule has 0 atom stereocenters. The van der Waals surface area contributed by atoms with Crippen molar-refractivity contribution in [1.29, 1.82) is 0 Å². The van der Waals surface area contributed by atoms with Crippen molar-refractivity contribution in [2.75, 3.05) is 32.1 Å². The molecular weight excluding hydrogens is 158 g/mol. The van der Waals surface area contributed by atoms with Crippen molar-refractivity contribution in [3.8, 4) is 0 Å². The van der Waals surface area contributed by atoms with Crippen LogP contribution in [0.4, 0.5) is 5.13 Å². The van der Waals surface area contributed by atoms with Gasteiger partial charge in [0.05, 0.1) is 0 Å². The van der Waals surface area contributed by atoms with Crippen LogP contribution in [-0.4, -0.2) is 32.2 Å². The van der Waals surface area contributed by atoms with E-state index in [2.05, 4.69) is 22.2 Å². The summed E-state index contributed by atoms with van der Waals surface area (Å²) in [6, 6.07) is 0. The molecular formula is C7H13N3S. The van der Waals surface area contributed by atoms with Crippen molar-refractivity contribution in [3.05, 3.63) is 11.6 Å². The van der Waals surface area contributed by atoms with E-state index < -0.39 is 0 Å². The van der Waals surface area contributed by atoms with Crippen molar-refractivity contribution >= 4 is 16.5 Å². The molecule has 0 saturated carbocycles. The zero-order chi connectivity index (χ0) is 8.10. The third kappa shape index (κ3) is 2.48. The molecule has 3 nitrogen and oxygen atoms in total. The summed E-state index contributed by atoms with van der Waals surface area (Å²) >= 11 is 1.67. The highest BCUT2D eigenvalue weighted by Gasteiger charge is 2.00. The third-order valence-electron chi connectivity index (χ3n) is 1.44. The van der Waals surface area contributed by atoms with Gasteiger partial charge in [-0.2, -0.15) is 0 Å². The fraction of sp³-hybridized carbons (Fsp3) is 0.571. The first-order valence-electron chi connectivity index (χ1n) is 3.60. The van der Waals surface area contributed by atoms with Gasteiger partial charge in [0, 0.05) is 31.7 Å². The molecule has 0 aliphatic carbocycles. The number of likely N-dealkylation sites (N-methyl/N-ethyl adjacent to an activating group) is 2. The molecule has 1 rings (SSSR count). The predicted molar refractivity (Wildman–Crippen MR) is 49.3 cm³/mol. The van der Waals surface area contributed by atoms with Crippen molar-refractivity contribution in [3.63, 3.8) is 0 Å². The largest absolute Gasteiger partial charge is 0.350 e. The smallest absolute Gasteiger partial charge is 0.185 e. The fourth-order valence-corrected chi connectivity index (χ4v) is 1.42. The molecule has 0 bridgehead atoms. The van der Waals surface area contributed by atoms with E-state index in [9.17, 15) is 0 Å². The standard InChI is InChI=1S/C7H13N3S/c1-8-3-5-10(2)7-9-4-6-11-7/h4,6,8H,3,5H2,1-2H3. The van der Waals surface area contributed by atoms with E-state index in [1.54, 1.807) is 11.3 Å². The second kappa shape index (κ2) is 4.31. The van der Waals surface area contributed by atoms with Crippen LogP contribution in [0.15, 0.2) is 11.6 Å². The lowest BCUT2D eigenvalue weighted by Crippen LogP contribution is -2.26. The summed E-state index contributed by atoms with van der Waals surface area (Å²) < 4.78 is 0. The molecule has 1 aromatic heterocycles. The maximum Gasteiger partial charge on any atom is 0.185 e. The van der Waals surface area contributed by atoms with E-state index in [4.69, 9.17) is 0 Å². The van der Waals surface area contributed by atoms with E-state index in [1.165, 1.54) is 0 Å². The molecule has 1 heterocycles. The van der Waals surface area contributed by atoms with Crippen LogP contribution < -0.4 is 10.2 Å². The van der Waals surface area contributed by atoms with Gasteiger partial charge in [0.25, 0.3) is 0 Å². The van der Waals surface area contributed by atoms with Gasteiger partial charge in [0.2, 0.25) is 0 Å². The first kappa shape index (κ1) is 8.49. The SMILES string of the molecule is CNCCN(C)c1nccs1. The van der Waals surface area contributed by atoms with E-state index in [0.29, 0.717) is 0 Å². The average molecular weight is 171 g/mol. The number of anilines is 1. The Kier molecular flexibility index (Phi) is 3.32. The molecule has 0 radical (unpaired) electrons. The minimum atomic E-state index is 0.996. The Balaban J connectivity index is 2.36. The van der Waals surface area contributed by atoms with Crippen LogP contribution in [-0.2, 0) is 0 Å². The molecule has 0 unspecified atom stereocenters. The second-order valence-electron chi connectivity index (χ2n) is 2.34. The van der Waals surface area contributed by atoms with Crippen molar-refractivity contribution in [2.45, 2.75) is 0 Å². The van der Waals surface area contributed by atoms with E-state index in [-0.39, 0.29) is 0 Å². The summed E-state index contributed by atoms with van der Waals surface area (Å²) in [5, 5.41) is 6.17. The van der Waals surface area contributed by atoms with Crippen molar-refractivity contribution < 1.29 is 0 Å². The highest BCUT2D eigenvalue weighted by atomic mass is 32.1. The van der Waals surface area contributed by atoms with Gasteiger partial charge in [-0.3, -0.25) is 0 Å². The van der Waals surface area contributed by atoms with Gasteiger partial charge in [-0.05, 0) is 7.05 Å². The summed E-state index contributed by atoms with van der Waals surface area (Å²) in [5.41, 5.74) is 0. The van der Waals surface area contributed by atoms with Crippen molar-refractivity contribution in [1.82, 2.24) is 10.3 Å². The zero-order valence-electron chi connectivity index (χ0n) is 6.87. The predicted octanol–water partition coefficient (Wildman–Crippen LogP) is 0.799. The number of nitrogens with zero attached hydrogens (tertiary/aromatic N) is 2. The Morgan fingerprint density at radius 2 is 2.55 bits per heavy atom. The molecule has 0 aliphatic heterocycles. The summed E-state index contributed by atoms with van der Waals surface area (Å²) in [6.07, 6.45) is 1.83. The van der Waals surface area contributed by atoms with Gasteiger partial charge >= 0.3 is 0 Å². The molecule has 11 heavy (non-hydrogen) atoms. The average Bonchev–Trinajstić information content (AvgIpc) is 2.52. The molecule has 0 fully saturated rings. The molecule has 0 saturated heterocycles. The van der Waals surface area contributed by atoms with E-state index in [0.717, 1.165) is 18.2 Å². The maximum atomic E-state index is 4.19. The molecule has 62 valence electrons. The fourth-order valence-electron chi connectivity index (χ4n) is 0.780. The first-order chi connectivity index (χ1) is 5.34. The number of nitrogens with one attached hydrogen (secondary N) is 1. The van der Waals surface area contributed by atoms with Crippen LogP contribution in [0, 0.1) is 0 Å². The van der Waals surface area contributed by atoms with E-state index >= 15 is 0 Å². The number of aromatic nitrogens is 1. The highest BCUT2D eigenvalue weighted by Crippen LogP contribution is 2.14. The lowest BCUT2D eigenvalue weighted by atomic mass is 10.6. The molecule has 1 N–H and O–H groups in total. The summed E-state index contributed by atoms with van der Waals surface area (Å²) in [7, 11) is 4.01. The Bertz CT molecular complexity index is 186. The minimum Gasteiger partial charge on any atom is -0.350 e. The number of thiazole rings is 1. The van der Waals surface area contributed by atoms with Crippen LogP contribution in [0.2, 0.25) is 0 Å². The summed E-state index contributed by atoms with van der Waals surface area (Å²) in [5.74, 6) is 0. The van der Waals surface area contributed by atoms with Gasteiger partial charge in [-0.15, -0.1) is 11.3 Å². The second-order valence-corrected chi connectivity index (χ2v) is 3.21. The normalized spacial score (nSPS) is 10.0.